The number of aromatic carboxylic acids is 1. The van der Waals surface area contributed by atoms with E-state index in [0.717, 1.165) is 54.8 Å². The highest BCUT2D eigenvalue weighted by Gasteiger charge is 2.39. The monoisotopic (exact) mass is 626 g/mol. The first kappa shape index (κ1) is 28.7. The highest BCUT2D eigenvalue weighted by Crippen LogP contribution is 2.41. The van der Waals surface area contributed by atoms with E-state index in [4.69, 9.17) is 19.6 Å². The van der Waals surface area contributed by atoms with Gasteiger partial charge in [0.15, 0.2) is 16.7 Å². The van der Waals surface area contributed by atoms with E-state index in [2.05, 4.69) is 15.9 Å². The Hall–Kier alpha value is -2.78. The molecule has 1 saturated heterocycles. The maximum atomic E-state index is 13.7. The number of hydrogen-bond donors (Lipinski definition) is 1. The molecule has 1 N–H and O–H groups in total. The lowest BCUT2D eigenvalue weighted by Gasteiger charge is -2.31. The molecule has 1 amide bonds. The molecule has 2 aromatic carbocycles. The quantitative estimate of drug-likeness (QED) is 0.302. The molecule has 2 saturated carbocycles. The van der Waals surface area contributed by atoms with Crippen molar-refractivity contribution in [3.8, 4) is 11.5 Å². The van der Waals surface area contributed by atoms with Gasteiger partial charge < -0.3 is 14.6 Å². The van der Waals surface area contributed by atoms with Crippen molar-refractivity contribution in [1.29, 1.82) is 0 Å². The van der Waals surface area contributed by atoms with Crippen LogP contribution in [0.25, 0.3) is 6.08 Å². The number of thioether (sulfide) groups is 1. The number of amidine groups is 1. The van der Waals surface area contributed by atoms with E-state index < -0.39 is 5.97 Å². The molecule has 0 aromatic heterocycles. The molecule has 1 aliphatic heterocycles. The van der Waals surface area contributed by atoms with Crippen LogP contribution in [0.15, 0.2) is 50.8 Å². The fourth-order valence-corrected chi connectivity index (χ4v) is 7.30. The fraction of sp³-hybridized carbons (Fsp3) is 0.452. The van der Waals surface area contributed by atoms with Gasteiger partial charge in [-0.25, -0.2) is 4.79 Å². The molecule has 7 nitrogen and oxygen atoms in total. The number of carbonyl (C=O) groups excluding carboxylic acids is 1. The van der Waals surface area contributed by atoms with Gasteiger partial charge in [0.1, 0.15) is 6.61 Å². The van der Waals surface area contributed by atoms with Crippen molar-refractivity contribution in [1.82, 2.24) is 4.90 Å². The van der Waals surface area contributed by atoms with Crippen LogP contribution >= 0.6 is 27.7 Å². The Morgan fingerprint density at radius 3 is 2.40 bits per heavy atom. The van der Waals surface area contributed by atoms with E-state index in [-0.39, 0.29) is 24.1 Å². The lowest BCUT2D eigenvalue weighted by Crippen LogP contribution is -2.41. The number of hydrogen-bond acceptors (Lipinski definition) is 6. The number of carboxylic acids is 1. The van der Waals surface area contributed by atoms with Crippen molar-refractivity contribution < 1.29 is 24.2 Å². The van der Waals surface area contributed by atoms with Crippen LogP contribution in [0.3, 0.4) is 0 Å². The molecule has 9 heteroatoms. The molecule has 2 aromatic rings. The smallest absolute Gasteiger partial charge is 0.335 e. The average Bonchev–Trinajstić information content (AvgIpc) is 3.27. The third kappa shape index (κ3) is 6.74. The molecule has 212 valence electrons. The van der Waals surface area contributed by atoms with Crippen LogP contribution in [0.4, 0.5) is 0 Å². The maximum Gasteiger partial charge on any atom is 0.335 e. The molecule has 3 fully saturated rings. The number of aliphatic imine (C=N–C) groups is 1. The zero-order chi connectivity index (χ0) is 28.1. The molecular formula is C31H35BrN2O5S. The minimum atomic E-state index is -0.963. The summed E-state index contributed by atoms with van der Waals surface area (Å²) in [6.45, 7) is 0.251. The van der Waals surface area contributed by atoms with Crippen LogP contribution in [-0.2, 0) is 11.4 Å². The lowest BCUT2D eigenvalue weighted by atomic mass is 9.94. The summed E-state index contributed by atoms with van der Waals surface area (Å²) in [6.07, 6.45) is 13.4. The Labute approximate surface area is 248 Å². The second-order valence-electron chi connectivity index (χ2n) is 10.6. The fourth-order valence-electron chi connectivity index (χ4n) is 5.62. The summed E-state index contributed by atoms with van der Waals surface area (Å²) >= 11 is 5.12. The Balaban J connectivity index is 1.37. The Morgan fingerprint density at radius 2 is 1.75 bits per heavy atom. The number of halogens is 1. The summed E-state index contributed by atoms with van der Waals surface area (Å²) in [5.74, 6) is 0.168. The minimum Gasteiger partial charge on any atom is -0.493 e. The van der Waals surface area contributed by atoms with E-state index >= 15 is 0 Å². The number of ether oxygens (including phenoxy) is 2. The first-order valence-electron chi connectivity index (χ1n) is 14.1. The predicted molar refractivity (Wildman–Crippen MR) is 162 cm³/mol. The van der Waals surface area contributed by atoms with E-state index in [0.29, 0.717) is 26.9 Å². The Kier molecular flexibility index (Phi) is 9.52. The van der Waals surface area contributed by atoms with Crippen molar-refractivity contribution in [3.05, 3.63) is 62.5 Å². The zero-order valence-corrected chi connectivity index (χ0v) is 25.1. The summed E-state index contributed by atoms with van der Waals surface area (Å²) in [6, 6.07) is 10.9. The molecule has 0 spiro atoms. The summed E-state index contributed by atoms with van der Waals surface area (Å²) in [4.78, 5) is 32.7. The van der Waals surface area contributed by atoms with Gasteiger partial charge in [0, 0.05) is 6.04 Å². The van der Waals surface area contributed by atoms with Gasteiger partial charge >= 0.3 is 5.97 Å². The van der Waals surface area contributed by atoms with Crippen LogP contribution in [-0.4, -0.2) is 46.2 Å². The molecule has 0 atom stereocenters. The molecule has 1 heterocycles. The van der Waals surface area contributed by atoms with Crippen LogP contribution in [0.1, 0.15) is 85.7 Å². The number of amides is 1. The van der Waals surface area contributed by atoms with Crippen LogP contribution < -0.4 is 9.47 Å². The number of methoxy groups -OCH3 is 1. The van der Waals surface area contributed by atoms with Gasteiger partial charge in [0.25, 0.3) is 5.91 Å². The lowest BCUT2D eigenvalue weighted by molar-refractivity contribution is -0.124. The third-order valence-electron chi connectivity index (χ3n) is 7.78. The van der Waals surface area contributed by atoms with Gasteiger partial charge in [-0.1, -0.05) is 50.7 Å². The Bertz CT molecular complexity index is 1300. The van der Waals surface area contributed by atoms with Crippen molar-refractivity contribution in [2.45, 2.75) is 82.9 Å². The van der Waals surface area contributed by atoms with Gasteiger partial charge in [-0.2, -0.15) is 0 Å². The molecule has 0 unspecified atom stereocenters. The Morgan fingerprint density at radius 1 is 1.07 bits per heavy atom. The number of carboxylic acid groups (broad SMARTS) is 1. The summed E-state index contributed by atoms with van der Waals surface area (Å²) < 4.78 is 12.4. The molecule has 5 rings (SSSR count). The normalized spacial score (nSPS) is 20.9. The largest absolute Gasteiger partial charge is 0.493 e. The first-order chi connectivity index (χ1) is 19.4. The second-order valence-corrected chi connectivity index (χ2v) is 12.5. The zero-order valence-electron chi connectivity index (χ0n) is 22.7. The summed E-state index contributed by atoms with van der Waals surface area (Å²) in [5.41, 5.74) is 1.90. The molecule has 2 aliphatic carbocycles. The van der Waals surface area contributed by atoms with Crippen molar-refractivity contribution in [2.75, 3.05) is 7.11 Å². The minimum absolute atomic E-state index is 0.0479. The van der Waals surface area contributed by atoms with Gasteiger partial charge in [-0.05, 0) is 94.8 Å². The van der Waals surface area contributed by atoms with Gasteiger partial charge in [0.2, 0.25) is 0 Å². The van der Waals surface area contributed by atoms with Crippen LogP contribution in [0.5, 0.6) is 11.5 Å². The molecule has 0 radical (unpaired) electrons. The van der Waals surface area contributed by atoms with Crippen molar-refractivity contribution >= 4 is 50.8 Å². The number of carbonyl (C=O) groups is 2. The van der Waals surface area contributed by atoms with E-state index in [1.165, 1.54) is 37.4 Å². The van der Waals surface area contributed by atoms with Crippen molar-refractivity contribution in [2.24, 2.45) is 4.99 Å². The number of rotatable bonds is 8. The van der Waals surface area contributed by atoms with Gasteiger partial charge in [-0.3, -0.25) is 14.7 Å². The molecule has 0 bridgehead atoms. The molecule has 3 aliphatic rings. The summed E-state index contributed by atoms with van der Waals surface area (Å²) in [7, 11) is 1.59. The van der Waals surface area contributed by atoms with E-state index in [1.807, 2.05) is 23.1 Å². The molecule has 40 heavy (non-hydrogen) atoms. The second kappa shape index (κ2) is 13.3. The number of benzene rings is 2. The van der Waals surface area contributed by atoms with Crippen LogP contribution in [0.2, 0.25) is 0 Å². The SMILES string of the molecule is COc1cc(C=C2SC(=NC3CCCCC3)N(C3CCCCC3)C2=O)cc(Br)c1OCc1ccc(C(=O)O)cc1. The van der Waals surface area contributed by atoms with E-state index in [9.17, 15) is 9.59 Å². The predicted octanol–water partition coefficient (Wildman–Crippen LogP) is 7.67. The van der Waals surface area contributed by atoms with Gasteiger partial charge in [-0.15, -0.1) is 0 Å². The standard InChI is InChI=1S/C31H35BrN2O5S/c1-38-26-17-21(16-25(32)28(26)39-19-20-12-14-22(15-13-20)30(36)37)18-27-29(35)34(24-10-6-3-7-11-24)31(40-27)33-23-8-4-2-5-9-23/h12-18,23-24H,2-11,19H2,1H3,(H,36,37). The van der Waals surface area contributed by atoms with E-state index in [1.54, 1.807) is 31.4 Å². The van der Waals surface area contributed by atoms with Crippen LogP contribution in [0, 0.1) is 0 Å². The molecular weight excluding hydrogens is 592 g/mol. The third-order valence-corrected chi connectivity index (χ3v) is 9.36. The first-order valence-corrected chi connectivity index (χ1v) is 15.7. The van der Waals surface area contributed by atoms with Gasteiger partial charge in [0.05, 0.1) is 28.1 Å². The van der Waals surface area contributed by atoms with Crippen molar-refractivity contribution in [3.63, 3.8) is 0 Å². The highest BCUT2D eigenvalue weighted by atomic mass is 79.9. The maximum absolute atomic E-state index is 13.7. The summed E-state index contributed by atoms with van der Waals surface area (Å²) in [5, 5.41) is 9.98. The number of nitrogens with zero attached hydrogens (tertiary/aromatic N) is 2. The highest BCUT2D eigenvalue weighted by molar-refractivity contribution is 9.10. The topological polar surface area (TPSA) is 88.4 Å². The average molecular weight is 628 g/mol.